The minimum absolute atomic E-state index is 0.180. The van der Waals surface area contributed by atoms with Crippen LogP contribution in [0.3, 0.4) is 0 Å². The van der Waals surface area contributed by atoms with Crippen LogP contribution in [-0.4, -0.2) is 34.0 Å². The Bertz CT molecular complexity index is 589. The lowest BCUT2D eigenvalue weighted by Crippen LogP contribution is -2.47. The highest BCUT2D eigenvalue weighted by Crippen LogP contribution is 2.40. The summed E-state index contributed by atoms with van der Waals surface area (Å²) in [6.45, 7) is 3.78. The Morgan fingerprint density at radius 2 is 2.00 bits per heavy atom. The number of likely N-dealkylation sites (tertiary alicyclic amines) is 1. The Hall–Kier alpha value is -1.39. The molecule has 1 atom stereocenters. The van der Waals surface area contributed by atoms with E-state index in [0.717, 1.165) is 44.1 Å². The maximum atomic E-state index is 12.8. The number of hydrogen-bond donors (Lipinski definition) is 0. The largest absolute Gasteiger partial charge is 0.342 e. The van der Waals surface area contributed by atoms with Crippen LogP contribution in [0.25, 0.3) is 0 Å². The fraction of sp³-hybridized carbons (Fsp3) is 0.842. The number of amides is 1. The van der Waals surface area contributed by atoms with Crippen molar-refractivity contribution in [3.8, 4) is 0 Å². The van der Waals surface area contributed by atoms with Gasteiger partial charge in [-0.1, -0.05) is 24.4 Å². The molecule has 0 N–H and O–H groups in total. The summed E-state index contributed by atoms with van der Waals surface area (Å²) in [6, 6.07) is 0. The molecule has 5 nitrogen and oxygen atoms in total. The first-order valence-electron chi connectivity index (χ1n) is 9.76. The van der Waals surface area contributed by atoms with Crippen molar-refractivity contribution in [1.82, 2.24) is 15.0 Å². The molecule has 132 valence electrons. The minimum Gasteiger partial charge on any atom is -0.342 e. The SMILES string of the molecule is CC1(c2nc(C3CC3)no2)CCCN(C(=O)CC2CCCCC2)C1. The molecule has 3 aliphatic rings. The predicted octanol–water partition coefficient (Wildman–Crippen LogP) is 3.80. The highest BCUT2D eigenvalue weighted by molar-refractivity contribution is 5.76. The van der Waals surface area contributed by atoms with Crippen molar-refractivity contribution >= 4 is 5.91 Å². The van der Waals surface area contributed by atoms with Crippen molar-refractivity contribution < 1.29 is 9.32 Å². The average molecular weight is 331 g/mol. The molecule has 5 heteroatoms. The van der Waals surface area contributed by atoms with Gasteiger partial charge in [-0.25, -0.2) is 0 Å². The second-order valence-electron chi connectivity index (χ2n) is 8.42. The van der Waals surface area contributed by atoms with Gasteiger partial charge in [-0.2, -0.15) is 4.98 Å². The lowest BCUT2D eigenvalue weighted by Gasteiger charge is -2.38. The van der Waals surface area contributed by atoms with Gasteiger partial charge in [0.25, 0.3) is 0 Å². The topological polar surface area (TPSA) is 59.2 Å². The summed E-state index contributed by atoms with van der Waals surface area (Å²) in [5.41, 5.74) is -0.180. The van der Waals surface area contributed by atoms with E-state index in [1.807, 2.05) is 0 Å². The summed E-state index contributed by atoms with van der Waals surface area (Å²) in [7, 11) is 0. The standard InChI is InChI=1S/C19H29N3O2/c1-19(18-20-17(21-24-18)15-8-9-15)10-5-11-22(13-19)16(23)12-14-6-3-2-4-7-14/h14-15H,2-13H2,1H3. The summed E-state index contributed by atoms with van der Waals surface area (Å²) in [5.74, 6) is 3.05. The first kappa shape index (κ1) is 16.1. The third-order valence-electron chi connectivity index (χ3n) is 6.14. The molecule has 1 aliphatic heterocycles. The van der Waals surface area contributed by atoms with Crippen molar-refractivity contribution in [1.29, 1.82) is 0 Å². The lowest BCUT2D eigenvalue weighted by atomic mass is 9.81. The predicted molar refractivity (Wildman–Crippen MR) is 90.6 cm³/mol. The molecular formula is C19H29N3O2. The Morgan fingerprint density at radius 3 is 2.75 bits per heavy atom. The highest BCUT2D eigenvalue weighted by Gasteiger charge is 2.40. The van der Waals surface area contributed by atoms with Crippen molar-refractivity contribution in [2.45, 2.75) is 82.5 Å². The molecule has 3 fully saturated rings. The van der Waals surface area contributed by atoms with E-state index >= 15 is 0 Å². The summed E-state index contributed by atoms with van der Waals surface area (Å²) in [5, 5.41) is 4.17. The summed E-state index contributed by atoms with van der Waals surface area (Å²) >= 11 is 0. The molecule has 0 aromatic carbocycles. The Labute approximate surface area is 144 Å². The Kier molecular flexibility index (Phi) is 4.35. The molecule has 4 rings (SSSR count). The maximum Gasteiger partial charge on any atom is 0.234 e. The molecule has 0 bridgehead atoms. The number of carbonyl (C=O) groups is 1. The number of carbonyl (C=O) groups excluding carboxylic acids is 1. The molecule has 2 saturated carbocycles. The number of aromatic nitrogens is 2. The van der Waals surface area contributed by atoms with Gasteiger partial charge in [-0.15, -0.1) is 0 Å². The van der Waals surface area contributed by atoms with Crippen LogP contribution < -0.4 is 0 Å². The summed E-state index contributed by atoms with van der Waals surface area (Å²) < 4.78 is 5.59. The van der Waals surface area contributed by atoms with Crippen LogP contribution in [0.5, 0.6) is 0 Å². The van der Waals surface area contributed by atoms with Crippen LogP contribution in [0.2, 0.25) is 0 Å². The molecule has 1 amide bonds. The molecular weight excluding hydrogens is 302 g/mol. The second-order valence-corrected chi connectivity index (χ2v) is 8.42. The lowest BCUT2D eigenvalue weighted by molar-refractivity contribution is -0.134. The Morgan fingerprint density at radius 1 is 1.21 bits per heavy atom. The molecule has 24 heavy (non-hydrogen) atoms. The third kappa shape index (κ3) is 3.35. The zero-order valence-corrected chi connectivity index (χ0v) is 14.8. The monoisotopic (exact) mass is 331 g/mol. The number of nitrogens with zero attached hydrogens (tertiary/aromatic N) is 3. The molecule has 0 spiro atoms. The number of rotatable bonds is 4. The summed E-state index contributed by atoms with van der Waals surface area (Å²) in [4.78, 5) is 19.5. The Balaban J connectivity index is 1.40. The van der Waals surface area contributed by atoms with Crippen molar-refractivity contribution in [3.05, 3.63) is 11.7 Å². The molecule has 1 aromatic heterocycles. The highest BCUT2D eigenvalue weighted by atomic mass is 16.5. The van der Waals surface area contributed by atoms with Gasteiger partial charge < -0.3 is 9.42 Å². The molecule has 2 heterocycles. The van der Waals surface area contributed by atoms with Crippen molar-refractivity contribution in [3.63, 3.8) is 0 Å². The quantitative estimate of drug-likeness (QED) is 0.842. The molecule has 0 radical (unpaired) electrons. The molecule has 1 aromatic rings. The number of piperidine rings is 1. The van der Waals surface area contributed by atoms with E-state index in [4.69, 9.17) is 4.52 Å². The molecule has 1 saturated heterocycles. The minimum atomic E-state index is -0.180. The normalized spacial score (nSPS) is 29.0. The van der Waals surface area contributed by atoms with E-state index < -0.39 is 0 Å². The van der Waals surface area contributed by atoms with Crippen molar-refractivity contribution in [2.24, 2.45) is 5.92 Å². The van der Waals surface area contributed by atoms with Gasteiger partial charge in [0, 0.05) is 25.4 Å². The number of hydrogen-bond acceptors (Lipinski definition) is 4. The van der Waals surface area contributed by atoms with Crippen LogP contribution in [0.15, 0.2) is 4.52 Å². The van der Waals surface area contributed by atoms with Gasteiger partial charge in [0.15, 0.2) is 5.82 Å². The smallest absolute Gasteiger partial charge is 0.234 e. The van der Waals surface area contributed by atoms with Gasteiger partial charge >= 0.3 is 0 Å². The van der Waals surface area contributed by atoms with Gasteiger partial charge in [0.05, 0.1) is 5.41 Å². The first-order valence-corrected chi connectivity index (χ1v) is 9.76. The molecule has 1 unspecified atom stereocenters. The zero-order chi connectivity index (χ0) is 16.6. The molecule has 2 aliphatic carbocycles. The van der Waals surface area contributed by atoms with Gasteiger partial charge in [0.2, 0.25) is 11.8 Å². The average Bonchev–Trinajstić information content (AvgIpc) is 3.32. The fourth-order valence-corrected chi connectivity index (χ4v) is 4.38. The fourth-order valence-electron chi connectivity index (χ4n) is 4.38. The van der Waals surface area contributed by atoms with E-state index in [1.165, 1.54) is 44.9 Å². The van der Waals surface area contributed by atoms with Crippen LogP contribution in [0.1, 0.15) is 88.8 Å². The van der Waals surface area contributed by atoms with E-state index in [-0.39, 0.29) is 5.41 Å². The van der Waals surface area contributed by atoms with Crippen LogP contribution in [0, 0.1) is 5.92 Å². The van der Waals surface area contributed by atoms with Crippen LogP contribution >= 0.6 is 0 Å². The van der Waals surface area contributed by atoms with E-state index in [1.54, 1.807) is 0 Å². The van der Waals surface area contributed by atoms with Gasteiger partial charge in [-0.05, 0) is 51.4 Å². The van der Waals surface area contributed by atoms with E-state index in [0.29, 0.717) is 17.7 Å². The maximum absolute atomic E-state index is 12.8. The second kappa shape index (κ2) is 6.49. The van der Waals surface area contributed by atoms with Gasteiger partial charge in [-0.3, -0.25) is 4.79 Å². The van der Waals surface area contributed by atoms with Crippen LogP contribution in [-0.2, 0) is 10.2 Å². The zero-order valence-electron chi connectivity index (χ0n) is 14.8. The van der Waals surface area contributed by atoms with Crippen LogP contribution in [0.4, 0.5) is 0 Å². The van der Waals surface area contributed by atoms with E-state index in [2.05, 4.69) is 22.0 Å². The third-order valence-corrected chi connectivity index (χ3v) is 6.14. The first-order chi connectivity index (χ1) is 11.6. The summed E-state index contributed by atoms with van der Waals surface area (Å²) in [6.07, 6.45) is 11.5. The van der Waals surface area contributed by atoms with Crippen molar-refractivity contribution in [2.75, 3.05) is 13.1 Å². The van der Waals surface area contributed by atoms with E-state index in [9.17, 15) is 4.79 Å². The van der Waals surface area contributed by atoms with Gasteiger partial charge in [0.1, 0.15) is 0 Å².